The highest BCUT2D eigenvalue weighted by Gasteiger charge is 2.71. The van der Waals surface area contributed by atoms with E-state index in [4.69, 9.17) is 0 Å². The van der Waals surface area contributed by atoms with Gasteiger partial charge in [-0.25, -0.2) is 0 Å². The maximum atomic E-state index is 11.4. The first kappa shape index (κ1) is 8.24. The Morgan fingerprint density at radius 3 is 2.33 bits per heavy atom. The van der Waals surface area contributed by atoms with E-state index in [1.807, 2.05) is 0 Å². The number of rotatable bonds is 1. The molecule has 3 atom stereocenters. The molecule has 1 saturated carbocycles. The Balaban J connectivity index is 2.30. The van der Waals surface area contributed by atoms with Crippen LogP contribution in [0.1, 0.15) is 27.2 Å². The molecule has 12 heavy (non-hydrogen) atoms. The second-order valence-corrected chi connectivity index (χ2v) is 5.08. The minimum atomic E-state index is 0.183. The molecule has 1 heterocycles. The number of likely N-dealkylation sites (tertiary alicyclic amines) is 1. The molecule has 2 heteroatoms. The van der Waals surface area contributed by atoms with Gasteiger partial charge >= 0.3 is 0 Å². The van der Waals surface area contributed by atoms with Gasteiger partial charge in [-0.1, -0.05) is 13.8 Å². The van der Waals surface area contributed by atoms with Crippen molar-refractivity contribution in [1.29, 1.82) is 0 Å². The molecule has 0 aromatic carbocycles. The lowest BCUT2D eigenvalue weighted by molar-refractivity contribution is -0.122. The van der Waals surface area contributed by atoms with E-state index in [9.17, 15) is 4.79 Å². The summed E-state index contributed by atoms with van der Waals surface area (Å²) in [6, 6.07) is 0.183. The topological polar surface area (TPSA) is 20.3 Å². The number of likely N-dealkylation sites (N-methyl/N-ethyl adjacent to an activating group) is 1. The highest BCUT2D eigenvalue weighted by atomic mass is 16.1. The van der Waals surface area contributed by atoms with Gasteiger partial charge in [0, 0.05) is 6.54 Å². The van der Waals surface area contributed by atoms with Crippen LogP contribution in [0.3, 0.4) is 0 Å². The minimum absolute atomic E-state index is 0.183. The van der Waals surface area contributed by atoms with Crippen LogP contribution in [0.5, 0.6) is 0 Å². The fraction of sp³-hybridized carbons (Fsp3) is 0.900. The van der Waals surface area contributed by atoms with Crippen LogP contribution in [0.15, 0.2) is 0 Å². The molecule has 0 amide bonds. The standard InChI is InChI=1S/C10H17NO/c1-7(12)8-10(3)5-9(10,2)6-11(8)4/h8H,5-6H2,1-4H3. The van der Waals surface area contributed by atoms with E-state index >= 15 is 0 Å². The maximum absolute atomic E-state index is 11.4. The Bertz CT molecular complexity index is 250. The molecule has 2 rings (SSSR count). The fourth-order valence-corrected chi connectivity index (χ4v) is 3.32. The van der Waals surface area contributed by atoms with Crippen molar-refractivity contribution in [1.82, 2.24) is 4.90 Å². The van der Waals surface area contributed by atoms with Gasteiger partial charge in [0.05, 0.1) is 6.04 Å². The van der Waals surface area contributed by atoms with Crippen molar-refractivity contribution in [2.45, 2.75) is 33.2 Å². The zero-order chi connectivity index (χ0) is 9.15. The first-order valence-corrected chi connectivity index (χ1v) is 4.61. The summed E-state index contributed by atoms with van der Waals surface area (Å²) in [4.78, 5) is 13.6. The first-order valence-electron chi connectivity index (χ1n) is 4.61. The van der Waals surface area contributed by atoms with Crippen LogP contribution in [-0.2, 0) is 4.79 Å². The van der Waals surface area contributed by atoms with Crippen LogP contribution in [0, 0.1) is 10.8 Å². The van der Waals surface area contributed by atoms with Crippen molar-refractivity contribution in [3.8, 4) is 0 Å². The van der Waals surface area contributed by atoms with Crippen LogP contribution in [0.25, 0.3) is 0 Å². The Kier molecular flexibility index (Phi) is 1.32. The van der Waals surface area contributed by atoms with E-state index < -0.39 is 0 Å². The van der Waals surface area contributed by atoms with Gasteiger partial charge in [0.2, 0.25) is 0 Å². The Morgan fingerprint density at radius 1 is 1.50 bits per heavy atom. The van der Waals surface area contributed by atoms with Gasteiger partial charge in [-0.05, 0) is 31.2 Å². The van der Waals surface area contributed by atoms with Crippen molar-refractivity contribution >= 4 is 5.78 Å². The van der Waals surface area contributed by atoms with Gasteiger partial charge in [-0.2, -0.15) is 0 Å². The second-order valence-electron chi connectivity index (χ2n) is 5.08. The van der Waals surface area contributed by atoms with Gasteiger partial charge in [0.1, 0.15) is 5.78 Å². The lowest BCUT2D eigenvalue weighted by atomic mass is 9.91. The largest absolute Gasteiger partial charge is 0.298 e. The summed E-state index contributed by atoms with van der Waals surface area (Å²) in [6.07, 6.45) is 1.23. The molecule has 3 unspecified atom stereocenters. The van der Waals surface area contributed by atoms with E-state index in [-0.39, 0.29) is 11.5 Å². The third-order valence-electron chi connectivity index (χ3n) is 4.04. The van der Waals surface area contributed by atoms with Crippen molar-refractivity contribution < 1.29 is 4.79 Å². The van der Waals surface area contributed by atoms with Gasteiger partial charge in [-0.15, -0.1) is 0 Å². The van der Waals surface area contributed by atoms with E-state index in [1.54, 1.807) is 6.92 Å². The van der Waals surface area contributed by atoms with Gasteiger partial charge in [0.25, 0.3) is 0 Å². The number of piperidine rings is 1. The zero-order valence-corrected chi connectivity index (χ0v) is 8.35. The monoisotopic (exact) mass is 167 g/mol. The maximum Gasteiger partial charge on any atom is 0.147 e. The molecular weight excluding hydrogens is 150 g/mol. The Hall–Kier alpha value is -0.370. The number of hydrogen-bond donors (Lipinski definition) is 0. The average molecular weight is 167 g/mol. The van der Waals surface area contributed by atoms with Crippen LogP contribution < -0.4 is 0 Å². The highest BCUT2D eigenvalue weighted by Crippen LogP contribution is 2.70. The molecule has 1 aliphatic carbocycles. The lowest BCUT2D eigenvalue weighted by Crippen LogP contribution is -2.38. The Morgan fingerprint density at radius 2 is 2.08 bits per heavy atom. The van der Waals surface area contributed by atoms with E-state index in [0.29, 0.717) is 11.2 Å². The SMILES string of the molecule is CC(=O)C1N(C)CC2(C)CC12C. The lowest BCUT2D eigenvalue weighted by Gasteiger charge is -2.24. The van der Waals surface area contributed by atoms with E-state index in [2.05, 4.69) is 25.8 Å². The highest BCUT2D eigenvalue weighted by molar-refractivity contribution is 5.84. The number of fused-ring (bicyclic) bond motifs is 1. The molecule has 2 fully saturated rings. The van der Waals surface area contributed by atoms with Crippen LogP contribution in [0.4, 0.5) is 0 Å². The zero-order valence-electron chi connectivity index (χ0n) is 8.35. The smallest absolute Gasteiger partial charge is 0.147 e. The fourth-order valence-electron chi connectivity index (χ4n) is 3.32. The molecule has 2 aliphatic rings. The first-order chi connectivity index (χ1) is 5.41. The molecule has 0 N–H and O–H groups in total. The summed E-state index contributed by atoms with van der Waals surface area (Å²) in [5.74, 6) is 0.334. The minimum Gasteiger partial charge on any atom is -0.298 e. The third kappa shape index (κ3) is 0.717. The van der Waals surface area contributed by atoms with Crippen molar-refractivity contribution in [2.75, 3.05) is 13.6 Å². The van der Waals surface area contributed by atoms with Gasteiger partial charge < -0.3 is 0 Å². The van der Waals surface area contributed by atoms with Crippen molar-refractivity contribution in [2.24, 2.45) is 10.8 Å². The summed E-state index contributed by atoms with van der Waals surface area (Å²) < 4.78 is 0. The predicted octanol–water partition coefficient (Wildman–Crippen LogP) is 1.31. The molecule has 1 aliphatic heterocycles. The van der Waals surface area contributed by atoms with Crippen LogP contribution in [-0.4, -0.2) is 30.3 Å². The molecule has 0 radical (unpaired) electrons. The van der Waals surface area contributed by atoms with Crippen molar-refractivity contribution in [3.05, 3.63) is 0 Å². The second kappa shape index (κ2) is 1.92. The van der Waals surface area contributed by atoms with Crippen LogP contribution >= 0.6 is 0 Å². The summed E-state index contributed by atoms with van der Waals surface area (Å²) in [6.45, 7) is 7.36. The molecule has 2 nitrogen and oxygen atoms in total. The summed E-state index contributed by atoms with van der Waals surface area (Å²) >= 11 is 0. The van der Waals surface area contributed by atoms with Gasteiger partial charge in [0.15, 0.2) is 0 Å². The molecule has 0 bridgehead atoms. The van der Waals surface area contributed by atoms with Gasteiger partial charge in [-0.3, -0.25) is 9.69 Å². The number of carbonyl (C=O) groups is 1. The third-order valence-corrected chi connectivity index (χ3v) is 4.04. The number of Topliss-reactive ketones (excluding diaryl/α,β-unsaturated/α-hetero) is 1. The van der Waals surface area contributed by atoms with Crippen molar-refractivity contribution in [3.63, 3.8) is 0 Å². The normalized spacial score (nSPS) is 52.2. The quantitative estimate of drug-likeness (QED) is 0.587. The van der Waals surface area contributed by atoms with E-state index in [0.717, 1.165) is 6.54 Å². The number of hydrogen-bond acceptors (Lipinski definition) is 2. The summed E-state index contributed by atoms with van der Waals surface area (Å²) in [5, 5.41) is 0. The number of nitrogens with zero attached hydrogens (tertiary/aromatic N) is 1. The molecular formula is C10H17NO. The Labute approximate surface area is 73.9 Å². The number of carbonyl (C=O) groups excluding carboxylic acids is 1. The van der Waals surface area contributed by atoms with Crippen LogP contribution in [0.2, 0.25) is 0 Å². The molecule has 1 saturated heterocycles. The molecule has 68 valence electrons. The summed E-state index contributed by atoms with van der Waals surface area (Å²) in [5.41, 5.74) is 0.714. The predicted molar refractivity (Wildman–Crippen MR) is 47.9 cm³/mol. The molecule has 0 spiro atoms. The number of ketones is 1. The molecule has 0 aromatic rings. The summed E-state index contributed by atoms with van der Waals surface area (Å²) in [7, 11) is 2.06. The molecule has 0 aromatic heterocycles. The van der Waals surface area contributed by atoms with E-state index in [1.165, 1.54) is 6.42 Å². The average Bonchev–Trinajstić information content (AvgIpc) is 2.24.